The van der Waals surface area contributed by atoms with Gasteiger partial charge in [-0.2, -0.15) is 0 Å². The highest BCUT2D eigenvalue weighted by Gasteiger charge is 2.22. The van der Waals surface area contributed by atoms with E-state index in [-0.39, 0.29) is 23.9 Å². The minimum absolute atomic E-state index is 0.102. The maximum atomic E-state index is 14.8. The smallest absolute Gasteiger partial charge is 0.166 e. The van der Waals surface area contributed by atoms with E-state index in [1.165, 1.54) is 12.5 Å². The average Bonchev–Trinajstić information content (AvgIpc) is 2.76. The number of hydrogen-bond donors (Lipinski definition) is 0. The molecule has 4 rings (SSSR count). The van der Waals surface area contributed by atoms with Crippen LogP contribution in [0.5, 0.6) is 5.75 Å². The lowest BCUT2D eigenvalue weighted by Crippen LogP contribution is -2.08. The topological polar surface area (TPSA) is 9.23 Å². The van der Waals surface area contributed by atoms with E-state index >= 15 is 0 Å². The first-order valence-electron chi connectivity index (χ1n) is 10.5. The van der Waals surface area contributed by atoms with E-state index in [9.17, 15) is 13.2 Å². The molecule has 0 aromatic heterocycles. The molecule has 0 amide bonds. The fourth-order valence-electron chi connectivity index (χ4n) is 4.18. The Morgan fingerprint density at radius 1 is 0.833 bits per heavy atom. The molecule has 0 spiro atoms. The Balaban J connectivity index is 1.49. The molecule has 3 aromatic carbocycles. The molecule has 30 heavy (non-hydrogen) atoms. The van der Waals surface area contributed by atoms with Crippen molar-refractivity contribution in [2.45, 2.75) is 51.6 Å². The summed E-state index contributed by atoms with van der Waals surface area (Å²) in [6, 6.07) is 15.2. The second-order valence-corrected chi connectivity index (χ2v) is 8.07. The standard InChI is InChI=1S/C26H25F3O/c1-17-7-8-20(24(27)15-17)16-30-21-11-9-19(10-12-21)23-14-13-22(25(28)26(23)29)18-5-3-2-4-6-18/h7-15,18H,2-6,16H2,1H3. The van der Waals surface area contributed by atoms with Gasteiger partial charge in [-0.1, -0.05) is 55.7 Å². The van der Waals surface area contributed by atoms with Crippen LogP contribution in [-0.2, 0) is 6.61 Å². The largest absolute Gasteiger partial charge is 0.489 e. The zero-order valence-corrected chi connectivity index (χ0v) is 17.1. The van der Waals surface area contributed by atoms with Crippen LogP contribution in [-0.4, -0.2) is 0 Å². The Kier molecular flexibility index (Phi) is 6.12. The monoisotopic (exact) mass is 410 g/mol. The Hall–Kier alpha value is -2.75. The molecule has 0 N–H and O–H groups in total. The maximum Gasteiger partial charge on any atom is 0.166 e. The van der Waals surface area contributed by atoms with Gasteiger partial charge < -0.3 is 4.74 Å². The molecule has 3 aromatic rings. The van der Waals surface area contributed by atoms with E-state index in [0.29, 0.717) is 22.4 Å². The number of hydrogen-bond acceptors (Lipinski definition) is 1. The Bertz CT molecular complexity index is 1020. The van der Waals surface area contributed by atoms with Crippen molar-refractivity contribution < 1.29 is 17.9 Å². The van der Waals surface area contributed by atoms with Crippen molar-refractivity contribution in [2.75, 3.05) is 0 Å². The van der Waals surface area contributed by atoms with Gasteiger partial charge in [0.15, 0.2) is 11.6 Å². The Morgan fingerprint density at radius 3 is 2.27 bits per heavy atom. The highest BCUT2D eigenvalue weighted by molar-refractivity contribution is 5.65. The van der Waals surface area contributed by atoms with Crippen LogP contribution in [0, 0.1) is 24.4 Å². The van der Waals surface area contributed by atoms with Crippen molar-refractivity contribution in [3.05, 3.63) is 88.7 Å². The quantitative estimate of drug-likeness (QED) is 0.419. The van der Waals surface area contributed by atoms with Gasteiger partial charge in [-0.05, 0) is 60.6 Å². The SMILES string of the molecule is Cc1ccc(COc2ccc(-c3ccc(C4CCCCC4)c(F)c3F)cc2)c(F)c1. The molecular weight excluding hydrogens is 385 g/mol. The first kappa shape index (κ1) is 20.5. The Morgan fingerprint density at radius 2 is 1.57 bits per heavy atom. The van der Waals surface area contributed by atoms with Gasteiger partial charge in [-0.15, -0.1) is 0 Å². The van der Waals surface area contributed by atoms with Gasteiger partial charge in [-0.3, -0.25) is 0 Å². The van der Waals surface area contributed by atoms with E-state index < -0.39 is 11.6 Å². The fourth-order valence-corrected chi connectivity index (χ4v) is 4.18. The zero-order chi connectivity index (χ0) is 21.1. The van der Waals surface area contributed by atoms with E-state index in [1.54, 1.807) is 42.5 Å². The summed E-state index contributed by atoms with van der Waals surface area (Å²) in [6.45, 7) is 1.93. The molecular formula is C26H25F3O. The van der Waals surface area contributed by atoms with Crippen LogP contribution >= 0.6 is 0 Å². The molecule has 1 aliphatic rings. The molecule has 0 radical (unpaired) electrons. The van der Waals surface area contributed by atoms with Crippen molar-refractivity contribution in [2.24, 2.45) is 0 Å². The van der Waals surface area contributed by atoms with E-state index in [2.05, 4.69) is 0 Å². The van der Waals surface area contributed by atoms with Gasteiger partial charge in [0.05, 0.1) is 0 Å². The van der Waals surface area contributed by atoms with Gasteiger partial charge >= 0.3 is 0 Å². The normalized spacial score (nSPS) is 14.7. The first-order chi connectivity index (χ1) is 14.5. The molecule has 0 heterocycles. The van der Waals surface area contributed by atoms with Gasteiger partial charge in [-0.25, -0.2) is 13.2 Å². The molecule has 1 saturated carbocycles. The second-order valence-electron chi connectivity index (χ2n) is 8.07. The molecule has 0 bridgehead atoms. The predicted octanol–water partition coefficient (Wildman–Crippen LogP) is 7.71. The predicted molar refractivity (Wildman–Crippen MR) is 113 cm³/mol. The summed E-state index contributed by atoms with van der Waals surface area (Å²) >= 11 is 0. The molecule has 1 nitrogen and oxygen atoms in total. The molecule has 0 saturated heterocycles. The minimum atomic E-state index is -0.798. The summed E-state index contributed by atoms with van der Waals surface area (Å²) in [5, 5.41) is 0. The third-order valence-corrected chi connectivity index (χ3v) is 5.93. The number of rotatable bonds is 5. The van der Waals surface area contributed by atoms with Gasteiger partial charge in [0.1, 0.15) is 18.2 Å². The highest BCUT2D eigenvalue weighted by Crippen LogP contribution is 2.37. The minimum Gasteiger partial charge on any atom is -0.489 e. The lowest BCUT2D eigenvalue weighted by Gasteiger charge is -2.23. The van der Waals surface area contributed by atoms with Gasteiger partial charge in [0, 0.05) is 11.1 Å². The number of aryl methyl sites for hydroxylation is 1. The van der Waals surface area contributed by atoms with E-state index in [0.717, 1.165) is 31.2 Å². The van der Waals surface area contributed by atoms with Crippen LogP contribution in [0.2, 0.25) is 0 Å². The summed E-state index contributed by atoms with van der Waals surface area (Å²) in [7, 11) is 0. The summed E-state index contributed by atoms with van der Waals surface area (Å²) in [5.41, 5.74) is 2.63. The number of benzene rings is 3. The molecule has 1 aliphatic carbocycles. The highest BCUT2D eigenvalue weighted by atomic mass is 19.2. The van der Waals surface area contributed by atoms with Crippen LogP contribution in [0.1, 0.15) is 54.7 Å². The zero-order valence-electron chi connectivity index (χ0n) is 17.1. The third kappa shape index (κ3) is 4.38. The van der Waals surface area contributed by atoms with Crippen molar-refractivity contribution >= 4 is 0 Å². The molecule has 0 aliphatic heterocycles. The fraction of sp³-hybridized carbons (Fsp3) is 0.308. The maximum absolute atomic E-state index is 14.8. The molecule has 156 valence electrons. The van der Waals surface area contributed by atoms with Crippen molar-refractivity contribution in [1.29, 1.82) is 0 Å². The molecule has 0 unspecified atom stereocenters. The van der Waals surface area contributed by atoms with Crippen molar-refractivity contribution in [3.63, 3.8) is 0 Å². The summed E-state index contributed by atoms with van der Waals surface area (Å²) in [4.78, 5) is 0. The number of halogens is 3. The van der Waals surface area contributed by atoms with Crippen LogP contribution in [0.3, 0.4) is 0 Å². The first-order valence-corrected chi connectivity index (χ1v) is 10.5. The van der Waals surface area contributed by atoms with E-state index in [1.807, 2.05) is 13.0 Å². The lowest BCUT2D eigenvalue weighted by atomic mass is 9.83. The van der Waals surface area contributed by atoms with E-state index in [4.69, 9.17) is 4.74 Å². The van der Waals surface area contributed by atoms with Crippen LogP contribution in [0.25, 0.3) is 11.1 Å². The van der Waals surface area contributed by atoms with Crippen LogP contribution < -0.4 is 4.74 Å². The molecule has 1 fully saturated rings. The molecule has 0 atom stereocenters. The van der Waals surface area contributed by atoms with Crippen LogP contribution in [0.15, 0.2) is 54.6 Å². The molecule has 4 heteroatoms. The third-order valence-electron chi connectivity index (χ3n) is 5.93. The lowest BCUT2D eigenvalue weighted by molar-refractivity contribution is 0.300. The summed E-state index contributed by atoms with van der Waals surface area (Å²) in [5.74, 6) is -1.18. The van der Waals surface area contributed by atoms with Gasteiger partial charge in [0.2, 0.25) is 0 Å². The average molecular weight is 410 g/mol. The van der Waals surface area contributed by atoms with Crippen molar-refractivity contribution in [1.82, 2.24) is 0 Å². The summed E-state index contributed by atoms with van der Waals surface area (Å²) in [6.07, 6.45) is 5.15. The van der Waals surface area contributed by atoms with Crippen molar-refractivity contribution in [3.8, 4) is 16.9 Å². The number of ether oxygens (including phenoxy) is 1. The van der Waals surface area contributed by atoms with Gasteiger partial charge in [0.25, 0.3) is 0 Å². The van der Waals surface area contributed by atoms with Crippen LogP contribution in [0.4, 0.5) is 13.2 Å². The summed E-state index contributed by atoms with van der Waals surface area (Å²) < 4.78 is 49.1. The Labute approximate surface area is 175 Å². The second kappa shape index (κ2) is 8.95.